The molecule has 3 nitrogen and oxygen atoms in total. The van der Waals surface area contributed by atoms with Gasteiger partial charge in [0.2, 0.25) is 5.91 Å². The van der Waals surface area contributed by atoms with Crippen LogP contribution in [-0.4, -0.2) is 19.0 Å². The number of benzene rings is 1. The SMILES string of the molecule is CCCN1C(=O)CNc2cc(CC)ccc21. The minimum Gasteiger partial charge on any atom is -0.374 e. The van der Waals surface area contributed by atoms with E-state index in [1.165, 1.54) is 5.56 Å². The number of carbonyl (C=O) groups excluding carboxylic acids is 1. The summed E-state index contributed by atoms with van der Waals surface area (Å²) in [4.78, 5) is 13.6. The molecule has 1 aliphatic heterocycles. The van der Waals surface area contributed by atoms with E-state index in [1.54, 1.807) is 0 Å². The Morgan fingerprint density at radius 3 is 2.88 bits per heavy atom. The van der Waals surface area contributed by atoms with Gasteiger partial charge in [0, 0.05) is 6.54 Å². The Kier molecular flexibility index (Phi) is 3.13. The largest absolute Gasteiger partial charge is 0.374 e. The maximum Gasteiger partial charge on any atom is 0.246 e. The summed E-state index contributed by atoms with van der Waals surface area (Å²) in [5.74, 6) is 0.165. The first-order valence-electron chi connectivity index (χ1n) is 5.93. The van der Waals surface area contributed by atoms with Gasteiger partial charge in [0.05, 0.1) is 17.9 Å². The fourth-order valence-corrected chi connectivity index (χ4v) is 2.05. The Morgan fingerprint density at radius 2 is 2.19 bits per heavy atom. The number of nitrogens with zero attached hydrogens (tertiary/aromatic N) is 1. The monoisotopic (exact) mass is 218 g/mol. The molecule has 1 aromatic carbocycles. The molecule has 0 unspecified atom stereocenters. The van der Waals surface area contributed by atoms with Crippen LogP contribution in [0.5, 0.6) is 0 Å². The van der Waals surface area contributed by atoms with E-state index in [-0.39, 0.29) is 5.91 Å². The highest BCUT2D eigenvalue weighted by Crippen LogP contribution is 2.30. The molecule has 1 amide bonds. The molecule has 0 bridgehead atoms. The Morgan fingerprint density at radius 1 is 1.38 bits per heavy atom. The average Bonchev–Trinajstić information content (AvgIpc) is 2.32. The second-order valence-electron chi connectivity index (χ2n) is 4.10. The van der Waals surface area contributed by atoms with Crippen LogP contribution < -0.4 is 10.2 Å². The third-order valence-electron chi connectivity index (χ3n) is 2.94. The first-order chi connectivity index (χ1) is 7.76. The molecule has 2 rings (SSSR count). The third kappa shape index (κ3) is 1.90. The molecule has 1 aromatic rings. The van der Waals surface area contributed by atoms with Crippen molar-refractivity contribution in [1.29, 1.82) is 0 Å². The smallest absolute Gasteiger partial charge is 0.246 e. The van der Waals surface area contributed by atoms with Crippen LogP contribution in [0.15, 0.2) is 18.2 Å². The van der Waals surface area contributed by atoms with E-state index >= 15 is 0 Å². The van der Waals surface area contributed by atoms with Crippen molar-refractivity contribution in [2.45, 2.75) is 26.7 Å². The Bertz CT molecular complexity index is 401. The third-order valence-corrected chi connectivity index (χ3v) is 2.94. The van der Waals surface area contributed by atoms with E-state index in [9.17, 15) is 4.79 Å². The van der Waals surface area contributed by atoms with Gasteiger partial charge in [0.15, 0.2) is 0 Å². The van der Waals surface area contributed by atoms with E-state index in [1.807, 2.05) is 11.0 Å². The van der Waals surface area contributed by atoms with E-state index in [4.69, 9.17) is 0 Å². The quantitative estimate of drug-likeness (QED) is 0.845. The zero-order valence-corrected chi connectivity index (χ0v) is 9.92. The van der Waals surface area contributed by atoms with Crippen LogP contribution >= 0.6 is 0 Å². The molecule has 0 saturated carbocycles. The Hall–Kier alpha value is -1.51. The van der Waals surface area contributed by atoms with Gasteiger partial charge in [-0.2, -0.15) is 0 Å². The van der Waals surface area contributed by atoms with Gasteiger partial charge in [0.1, 0.15) is 0 Å². The highest BCUT2D eigenvalue weighted by Gasteiger charge is 2.22. The van der Waals surface area contributed by atoms with E-state index in [0.29, 0.717) is 6.54 Å². The molecule has 1 N–H and O–H groups in total. The van der Waals surface area contributed by atoms with Crippen molar-refractivity contribution in [2.24, 2.45) is 0 Å². The summed E-state index contributed by atoms with van der Waals surface area (Å²) in [6, 6.07) is 6.29. The van der Waals surface area contributed by atoms with Gasteiger partial charge in [0.25, 0.3) is 0 Å². The molecule has 1 heterocycles. The van der Waals surface area contributed by atoms with E-state index in [2.05, 4.69) is 31.3 Å². The highest BCUT2D eigenvalue weighted by molar-refractivity contribution is 6.02. The van der Waals surface area contributed by atoms with Crippen LogP contribution in [0.1, 0.15) is 25.8 Å². The van der Waals surface area contributed by atoms with Gasteiger partial charge in [-0.1, -0.05) is 19.9 Å². The number of anilines is 2. The van der Waals surface area contributed by atoms with Crippen LogP contribution in [0.4, 0.5) is 11.4 Å². The number of hydrogen-bond donors (Lipinski definition) is 1. The molecular formula is C13H18N2O. The summed E-state index contributed by atoms with van der Waals surface area (Å²) in [5, 5.41) is 3.18. The Labute approximate surface area is 96.5 Å². The zero-order chi connectivity index (χ0) is 11.5. The second kappa shape index (κ2) is 4.56. The second-order valence-corrected chi connectivity index (χ2v) is 4.10. The van der Waals surface area contributed by atoms with Gasteiger partial charge in [-0.05, 0) is 30.5 Å². The lowest BCUT2D eigenvalue weighted by atomic mass is 10.1. The van der Waals surface area contributed by atoms with Crippen LogP contribution in [0.3, 0.4) is 0 Å². The number of aryl methyl sites for hydroxylation is 1. The number of amides is 1. The van der Waals surface area contributed by atoms with Gasteiger partial charge in [-0.3, -0.25) is 4.79 Å². The molecule has 0 aliphatic carbocycles. The van der Waals surface area contributed by atoms with Gasteiger partial charge in [-0.15, -0.1) is 0 Å². The lowest BCUT2D eigenvalue weighted by Gasteiger charge is -2.30. The fourth-order valence-electron chi connectivity index (χ4n) is 2.05. The van der Waals surface area contributed by atoms with E-state index < -0.39 is 0 Å². The molecule has 0 saturated heterocycles. The molecule has 3 heteroatoms. The normalized spacial score (nSPS) is 14.6. The number of hydrogen-bond acceptors (Lipinski definition) is 2. The minimum atomic E-state index is 0.165. The van der Waals surface area contributed by atoms with Crippen LogP contribution in [-0.2, 0) is 11.2 Å². The number of carbonyl (C=O) groups is 1. The van der Waals surface area contributed by atoms with Crippen molar-refractivity contribution < 1.29 is 4.79 Å². The van der Waals surface area contributed by atoms with Gasteiger partial charge < -0.3 is 10.2 Å². The number of fused-ring (bicyclic) bond motifs is 1. The van der Waals surface area contributed by atoms with Crippen molar-refractivity contribution in [3.63, 3.8) is 0 Å². The van der Waals surface area contributed by atoms with Crippen molar-refractivity contribution in [1.82, 2.24) is 0 Å². The lowest BCUT2D eigenvalue weighted by Crippen LogP contribution is -2.40. The highest BCUT2D eigenvalue weighted by atomic mass is 16.2. The molecule has 0 radical (unpaired) electrons. The zero-order valence-electron chi connectivity index (χ0n) is 9.92. The molecular weight excluding hydrogens is 200 g/mol. The molecule has 86 valence electrons. The topological polar surface area (TPSA) is 32.3 Å². The summed E-state index contributed by atoms with van der Waals surface area (Å²) in [6.07, 6.45) is 2.01. The summed E-state index contributed by atoms with van der Waals surface area (Å²) in [5.41, 5.74) is 3.42. The summed E-state index contributed by atoms with van der Waals surface area (Å²) < 4.78 is 0. The minimum absolute atomic E-state index is 0.165. The molecule has 16 heavy (non-hydrogen) atoms. The first kappa shape index (κ1) is 11.0. The molecule has 1 aliphatic rings. The van der Waals surface area contributed by atoms with Crippen molar-refractivity contribution >= 4 is 17.3 Å². The van der Waals surface area contributed by atoms with E-state index in [0.717, 1.165) is 30.8 Å². The molecule has 0 atom stereocenters. The Balaban J connectivity index is 2.36. The van der Waals surface area contributed by atoms with Crippen molar-refractivity contribution in [3.05, 3.63) is 23.8 Å². The number of rotatable bonds is 3. The van der Waals surface area contributed by atoms with Gasteiger partial charge in [-0.25, -0.2) is 0 Å². The summed E-state index contributed by atoms with van der Waals surface area (Å²) in [7, 11) is 0. The van der Waals surface area contributed by atoms with Crippen molar-refractivity contribution in [2.75, 3.05) is 23.3 Å². The molecule has 0 aromatic heterocycles. The standard InChI is InChI=1S/C13H18N2O/c1-3-7-15-12-6-5-10(4-2)8-11(12)14-9-13(15)16/h5-6,8,14H,3-4,7,9H2,1-2H3. The summed E-state index contributed by atoms with van der Waals surface area (Å²) >= 11 is 0. The fraction of sp³-hybridized carbons (Fsp3) is 0.462. The maximum atomic E-state index is 11.8. The predicted octanol–water partition coefficient (Wildman–Crippen LogP) is 2.42. The van der Waals surface area contributed by atoms with Crippen LogP contribution in [0, 0.1) is 0 Å². The summed E-state index contributed by atoms with van der Waals surface area (Å²) in [6.45, 7) is 5.45. The van der Waals surface area contributed by atoms with Crippen LogP contribution in [0.2, 0.25) is 0 Å². The lowest BCUT2D eigenvalue weighted by molar-refractivity contribution is -0.117. The first-order valence-corrected chi connectivity index (χ1v) is 5.93. The van der Waals surface area contributed by atoms with Crippen molar-refractivity contribution in [3.8, 4) is 0 Å². The average molecular weight is 218 g/mol. The molecule has 0 spiro atoms. The predicted molar refractivity (Wildman–Crippen MR) is 67.0 cm³/mol. The molecule has 0 fully saturated rings. The van der Waals surface area contributed by atoms with Crippen LogP contribution in [0.25, 0.3) is 0 Å². The maximum absolute atomic E-state index is 11.8. The number of nitrogens with one attached hydrogen (secondary N) is 1. The van der Waals surface area contributed by atoms with Gasteiger partial charge >= 0.3 is 0 Å².